The molecule has 19 heavy (non-hydrogen) atoms. The average Bonchev–Trinajstić information content (AvgIpc) is 3.12. The first-order valence-electron chi connectivity index (χ1n) is 6.43. The van der Waals surface area contributed by atoms with Crippen LogP contribution in [-0.4, -0.2) is 33.7 Å². The minimum atomic E-state index is -0.0542. The number of likely N-dealkylation sites (tertiary alicyclic amines) is 1. The van der Waals surface area contributed by atoms with Gasteiger partial charge in [0.05, 0.1) is 18.1 Å². The van der Waals surface area contributed by atoms with E-state index in [1.807, 2.05) is 16.8 Å². The standard InChI is InChI=1S/C14H15N3OS/c18-14(11-3-6-19-10-11)13-8-15-12(7-16-13)9-17-4-1-2-5-17/h3,6-8,10H,1-2,4-5,9H2. The topological polar surface area (TPSA) is 46.1 Å². The minimum absolute atomic E-state index is 0.0542. The van der Waals surface area contributed by atoms with E-state index in [-0.39, 0.29) is 5.78 Å². The van der Waals surface area contributed by atoms with E-state index in [9.17, 15) is 4.79 Å². The molecule has 0 N–H and O–H groups in total. The van der Waals surface area contributed by atoms with E-state index in [4.69, 9.17) is 0 Å². The fourth-order valence-electron chi connectivity index (χ4n) is 2.27. The van der Waals surface area contributed by atoms with Crippen LogP contribution in [-0.2, 0) is 6.54 Å². The molecule has 1 saturated heterocycles. The van der Waals surface area contributed by atoms with Crippen LogP contribution in [0.1, 0.15) is 34.6 Å². The molecule has 4 nitrogen and oxygen atoms in total. The van der Waals surface area contributed by atoms with Crippen molar-refractivity contribution in [2.24, 2.45) is 0 Å². The van der Waals surface area contributed by atoms with E-state index >= 15 is 0 Å². The van der Waals surface area contributed by atoms with Gasteiger partial charge in [-0.1, -0.05) is 0 Å². The molecule has 0 aliphatic carbocycles. The van der Waals surface area contributed by atoms with Crippen LogP contribution >= 0.6 is 11.3 Å². The Morgan fingerprint density at radius 3 is 2.74 bits per heavy atom. The molecule has 0 unspecified atom stereocenters. The summed E-state index contributed by atoms with van der Waals surface area (Å²) in [6.45, 7) is 3.11. The molecular formula is C14H15N3OS. The molecule has 0 spiro atoms. The molecule has 0 bridgehead atoms. The summed E-state index contributed by atoms with van der Waals surface area (Å²) in [5.41, 5.74) is 2.04. The summed E-state index contributed by atoms with van der Waals surface area (Å²) in [6, 6.07) is 1.81. The molecule has 98 valence electrons. The molecule has 2 aromatic rings. The van der Waals surface area contributed by atoms with Gasteiger partial charge in [-0.15, -0.1) is 0 Å². The zero-order valence-corrected chi connectivity index (χ0v) is 11.4. The molecule has 2 aromatic heterocycles. The number of thiophene rings is 1. The molecule has 0 atom stereocenters. The van der Waals surface area contributed by atoms with Crippen molar-refractivity contribution >= 4 is 17.1 Å². The molecule has 1 aliphatic rings. The van der Waals surface area contributed by atoms with Gasteiger partial charge in [0.15, 0.2) is 0 Å². The summed E-state index contributed by atoms with van der Waals surface area (Å²) < 4.78 is 0. The summed E-state index contributed by atoms with van der Waals surface area (Å²) >= 11 is 1.51. The maximum absolute atomic E-state index is 12.1. The van der Waals surface area contributed by atoms with Crippen LogP contribution in [0.3, 0.4) is 0 Å². The molecule has 3 heterocycles. The quantitative estimate of drug-likeness (QED) is 0.802. The highest BCUT2D eigenvalue weighted by Gasteiger charge is 2.14. The lowest BCUT2D eigenvalue weighted by molar-refractivity contribution is 0.103. The number of ketones is 1. The van der Waals surface area contributed by atoms with Gasteiger partial charge in [0.2, 0.25) is 5.78 Å². The summed E-state index contributed by atoms with van der Waals surface area (Å²) in [6.07, 6.45) is 5.84. The van der Waals surface area contributed by atoms with E-state index < -0.39 is 0 Å². The van der Waals surface area contributed by atoms with Crippen LogP contribution in [0.4, 0.5) is 0 Å². The lowest BCUT2D eigenvalue weighted by Gasteiger charge is -2.13. The SMILES string of the molecule is O=C(c1ccsc1)c1cnc(CN2CCCC2)cn1. The molecule has 1 aliphatic heterocycles. The molecule has 3 rings (SSSR count). The van der Waals surface area contributed by atoms with Gasteiger partial charge < -0.3 is 0 Å². The first-order valence-corrected chi connectivity index (χ1v) is 7.37. The molecule has 0 saturated carbocycles. The Kier molecular flexibility index (Phi) is 3.66. The van der Waals surface area contributed by atoms with Gasteiger partial charge in [-0.05, 0) is 37.4 Å². The van der Waals surface area contributed by atoms with Gasteiger partial charge in [0.25, 0.3) is 0 Å². The van der Waals surface area contributed by atoms with Crippen molar-refractivity contribution in [2.45, 2.75) is 19.4 Å². The van der Waals surface area contributed by atoms with Crippen molar-refractivity contribution in [3.63, 3.8) is 0 Å². The van der Waals surface area contributed by atoms with Gasteiger partial charge >= 0.3 is 0 Å². The Morgan fingerprint density at radius 2 is 2.11 bits per heavy atom. The largest absolute Gasteiger partial charge is 0.297 e. The van der Waals surface area contributed by atoms with Gasteiger partial charge in [-0.2, -0.15) is 11.3 Å². The number of carbonyl (C=O) groups is 1. The highest BCUT2D eigenvalue weighted by Crippen LogP contribution is 2.13. The number of nitrogens with zero attached hydrogens (tertiary/aromatic N) is 3. The average molecular weight is 273 g/mol. The molecule has 1 fully saturated rings. The Hall–Kier alpha value is -1.59. The minimum Gasteiger partial charge on any atom is -0.297 e. The van der Waals surface area contributed by atoms with E-state index in [1.54, 1.807) is 12.4 Å². The zero-order valence-electron chi connectivity index (χ0n) is 10.6. The lowest BCUT2D eigenvalue weighted by Crippen LogP contribution is -2.19. The summed E-state index contributed by atoms with van der Waals surface area (Å²) in [5, 5.41) is 3.73. The second kappa shape index (κ2) is 5.59. The normalized spacial score (nSPS) is 15.8. The highest BCUT2D eigenvalue weighted by molar-refractivity contribution is 7.08. The van der Waals surface area contributed by atoms with Gasteiger partial charge in [0, 0.05) is 17.5 Å². The van der Waals surface area contributed by atoms with Crippen molar-refractivity contribution in [1.82, 2.24) is 14.9 Å². The molecular weight excluding hydrogens is 258 g/mol. The smallest absolute Gasteiger partial charge is 0.213 e. The first-order chi connectivity index (χ1) is 9.33. The van der Waals surface area contributed by atoms with Crippen LogP contribution in [0.5, 0.6) is 0 Å². The molecule has 0 amide bonds. The van der Waals surface area contributed by atoms with Gasteiger partial charge in [-0.3, -0.25) is 14.7 Å². The third-order valence-electron chi connectivity index (χ3n) is 3.31. The molecule has 0 radical (unpaired) electrons. The van der Waals surface area contributed by atoms with Gasteiger partial charge in [-0.25, -0.2) is 4.98 Å². The van der Waals surface area contributed by atoms with Crippen molar-refractivity contribution in [2.75, 3.05) is 13.1 Å². The van der Waals surface area contributed by atoms with Crippen LogP contribution in [0.15, 0.2) is 29.2 Å². The van der Waals surface area contributed by atoms with E-state index in [1.165, 1.54) is 24.2 Å². The van der Waals surface area contributed by atoms with Crippen molar-refractivity contribution in [3.8, 4) is 0 Å². The zero-order chi connectivity index (χ0) is 13.1. The predicted octanol–water partition coefficient (Wildman–Crippen LogP) is 2.36. The fraction of sp³-hybridized carbons (Fsp3) is 0.357. The van der Waals surface area contributed by atoms with Gasteiger partial charge in [0.1, 0.15) is 5.69 Å². The van der Waals surface area contributed by atoms with Crippen LogP contribution < -0.4 is 0 Å². The van der Waals surface area contributed by atoms with Crippen molar-refractivity contribution in [1.29, 1.82) is 0 Å². The van der Waals surface area contributed by atoms with E-state index in [2.05, 4.69) is 14.9 Å². The van der Waals surface area contributed by atoms with E-state index in [0.29, 0.717) is 11.3 Å². The Balaban J connectivity index is 1.70. The molecule has 5 heteroatoms. The Labute approximate surface area is 116 Å². The van der Waals surface area contributed by atoms with Crippen LogP contribution in [0, 0.1) is 0 Å². The predicted molar refractivity (Wildman–Crippen MR) is 74.3 cm³/mol. The second-order valence-electron chi connectivity index (χ2n) is 4.72. The third kappa shape index (κ3) is 2.88. The monoisotopic (exact) mass is 273 g/mol. The van der Waals surface area contributed by atoms with Crippen LogP contribution in [0.2, 0.25) is 0 Å². The highest BCUT2D eigenvalue weighted by atomic mass is 32.1. The number of aromatic nitrogens is 2. The first kappa shape index (κ1) is 12.4. The number of hydrogen-bond donors (Lipinski definition) is 0. The number of rotatable bonds is 4. The third-order valence-corrected chi connectivity index (χ3v) is 3.99. The van der Waals surface area contributed by atoms with E-state index in [0.717, 1.165) is 25.3 Å². The van der Waals surface area contributed by atoms with Crippen LogP contribution in [0.25, 0.3) is 0 Å². The number of hydrogen-bond acceptors (Lipinski definition) is 5. The number of carbonyl (C=O) groups excluding carboxylic acids is 1. The van der Waals surface area contributed by atoms with Crippen molar-refractivity contribution in [3.05, 3.63) is 46.2 Å². The maximum atomic E-state index is 12.1. The lowest BCUT2D eigenvalue weighted by atomic mass is 10.2. The second-order valence-corrected chi connectivity index (χ2v) is 5.50. The Bertz CT molecular complexity index is 545. The van der Waals surface area contributed by atoms with Crippen molar-refractivity contribution < 1.29 is 4.79 Å². The summed E-state index contributed by atoms with van der Waals surface area (Å²) in [5.74, 6) is -0.0542. The fourth-order valence-corrected chi connectivity index (χ4v) is 2.90. The molecule has 0 aromatic carbocycles. The summed E-state index contributed by atoms with van der Waals surface area (Å²) in [7, 11) is 0. The Morgan fingerprint density at radius 1 is 1.26 bits per heavy atom. The summed E-state index contributed by atoms with van der Waals surface area (Å²) in [4.78, 5) is 23.0. The maximum Gasteiger partial charge on any atom is 0.213 e.